The zero-order valence-corrected chi connectivity index (χ0v) is 8.52. The number of thioether (sulfide) groups is 1. The Balaban J connectivity index is 1.87. The van der Waals surface area contributed by atoms with Crippen molar-refractivity contribution < 1.29 is 9.53 Å². The summed E-state index contributed by atoms with van der Waals surface area (Å²) in [6.45, 7) is 3.27. The first-order valence-electron chi connectivity index (χ1n) is 4.82. The highest BCUT2D eigenvalue weighted by Crippen LogP contribution is 2.18. The largest absolute Gasteiger partial charge is 0.381 e. The van der Waals surface area contributed by atoms with Gasteiger partial charge in [0.15, 0.2) is 0 Å². The van der Waals surface area contributed by atoms with Gasteiger partial charge in [-0.25, -0.2) is 0 Å². The Morgan fingerprint density at radius 3 is 2.77 bits per heavy atom. The predicted molar refractivity (Wildman–Crippen MR) is 52.8 cm³/mol. The van der Waals surface area contributed by atoms with Crippen LogP contribution in [-0.2, 0) is 9.53 Å². The second-order valence-electron chi connectivity index (χ2n) is 3.50. The van der Waals surface area contributed by atoms with E-state index < -0.39 is 0 Å². The minimum atomic E-state index is 0.156. The molecule has 0 saturated carbocycles. The van der Waals surface area contributed by atoms with Crippen molar-refractivity contribution in [3.05, 3.63) is 0 Å². The summed E-state index contributed by atoms with van der Waals surface area (Å²) in [4.78, 5) is 13.8. The lowest BCUT2D eigenvalue weighted by molar-refractivity contribution is -0.135. The van der Waals surface area contributed by atoms with Crippen molar-refractivity contribution in [3.63, 3.8) is 0 Å². The molecule has 2 fully saturated rings. The Bertz CT molecular complexity index is 186. The maximum absolute atomic E-state index is 11.8. The third-order valence-corrected chi connectivity index (χ3v) is 3.54. The molecular weight excluding hydrogens is 186 g/mol. The van der Waals surface area contributed by atoms with E-state index in [1.165, 1.54) is 0 Å². The van der Waals surface area contributed by atoms with Gasteiger partial charge in [0.1, 0.15) is 0 Å². The van der Waals surface area contributed by atoms with E-state index in [0.29, 0.717) is 12.5 Å². The molecule has 0 N–H and O–H groups in total. The van der Waals surface area contributed by atoms with Gasteiger partial charge < -0.3 is 9.64 Å². The fraction of sp³-hybridized carbons (Fsp3) is 0.889. The van der Waals surface area contributed by atoms with Crippen molar-refractivity contribution in [2.24, 2.45) is 5.92 Å². The Labute approximate surface area is 82.8 Å². The van der Waals surface area contributed by atoms with Crippen molar-refractivity contribution in [2.75, 3.05) is 37.8 Å². The summed E-state index contributed by atoms with van der Waals surface area (Å²) in [6.07, 6.45) is 0.919. The molecule has 74 valence electrons. The van der Waals surface area contributed by atoms with E-state index in [9.17, 15) is 4.79 Å². The molecule has 2 heterocycles. The van der Waals surface area contributed by atoms with Crippen LogP contribution in [0.5, 0.6) is 0 Å². The molecule has 1 atom stereocenters. The quantitative estimate of drug-likeness (QED) is 0.622. The van der Waals surface area contributed by atoms with E-state index in [2.05, 4.69) is 0 Å². The van der Waals surface area contributed by atoms with Crippen LogP contribution < -0.4 is 0 Å². The number of ether oxygens (including phenoxy) is 1. The topological polar surface area (TPSA) is 29.5 Å². The van der Waals surface area contributed by atoms with Crippen molar-refractivity contribution in [2.45, 2.75) is 6.42 Å². The highest BCUT2D eigenvalue weighted by Gasteiger charge is 2.28. The van der Waals surface area contributed by atoms with Gasteiger partial charge in [0.25, 0.3) is 0 Å². The Morgan fingerprint density at radius 2 is 2.15 bits per heavy atom. The van der Waals surface area contributed by atoms with Gasteiger partial charge in [0.05, 0.1) is 12.5 Å². The summed E-state index contributed by atoms with van der Waals surface area (Å²) >= 11 is 1.93. The molecule has 0 spiro atoms. The van der Waals surface area contributed by atoms with Crippen molar-refractivity contribution >= 4 is 17.7 Å². The zero-order chi connectivity index (χ0) is 9.10. The van der Waals surface area contributed by atoms with Gasteiger partial charge in [0, 0.05) is 31.2 Å². The summed E-state index contributed by atoms with van der Waals surface area (Å²) in [5.74, 6) is 2.67. The molecule has 0 radical (unpaired) electrons. The van der Waals surface area contributed by atoms with Crippen LogP contribution in [0, 0.1) is 5.92 Å². The van der Waals surface area contributed by atoms with Crippen molar-refractivity contribution in [1.82, 2.24) is 4.90 Å². The summed E-state index contributed by atoms with van der Waals surface area (Å²) in [6, 6.07) is 0. The van der Waals surface area contributed by atoms with E-state index >= 15 is 0 Å². The SMILES string of the molecule is O=C([C@H]1CCOC1)N1CCSCC1. The maximum atomic E-state index is 11.8. The lowest BCUT2D eigenvalue weighted by Gasteiger charge is -2.28. The Hall–Kier alpha value is -0.220. The Morgan fingerprint density at radius 1 is 1.38 bits per heavy atom. The average Bonchev–Trinajstić information content (AvgIpc) is 2.71. The zero-order valence-electron chi connectivity index (χ0n) is 7.70. The molecule has 0 aromatic heterocycles. The molecule has 13 heavy (non-hydrogen) atoms. The summed E-state index contributed by atoms with van der Waals surface area (Å²) < 4.78 is 5.22. The highest BCUT2D eigenvalue weighted by atomic mass is 32.2. The standard InChI is InChI=1S/C9H15NO2S/c11-9(8-1-4-12-7-8)10-2-5-13-6-3-10/h8H,1-7H2/t8-/m0/s1. The molecule has 0 aromatic carbocycles. The monoisotopic (exact) mass is 201 g/mol. The molecule has 1 amide bonds. The fourth-order valence-corrected chi connectivity index (χ4v) is 2.67. The van der Waals surface area contributed by atoms with Gasteiger partial charge in [-0.15, -0.1) is 0 Å². The lowest BCUT2D eigenvalue weighted by Crippen LogP contribution is -2.41. The Kier molecular flexibility index (Phi) is 3.11. The molecule has 0 bridgehead atoms. The van der Waals surface area contributed by atoms with Gasteiger partial charge in [-0.1, -0.05) is 0 Å². The first-order chi connectivity index (χ1) is 6.38. The number of amides is 1. The van der Waals surface area contributed by atoms with Crippen LogP contribution in [0.3, 0.4) is 0 Å². The first-order valence-corrected chi connectivity index (χ1v) is 5.97. The smallest absolute Gasteiger partial charge is 0.228 e. The van der Waals surface area contributed by atoms with Gasteiger partial charge in [-0.2, -0.15) is 11.8 Å². The van der Waals surface area contributed by atoms with Crippen LogP contribution in [0.2, 0.25) is 0 Å². The van der Waals surface area contributed by atoms with Gasteiger partial charge >= 0.3 is 0 Å². The number of hydrogen-bond acceptors (Lipinski definition) is 3. The van der Waals surface area contributed by atoms with Crippen LogP contribution in [-0.4, -0.2) is 48.6 Å². The van der Waals surface area contributed by atoms with E-state index in [0.717, 1.165) is 37.6 Å². The van der Waals surface area contributed by atoms with Crippen LogP contribution in [0.25, 0.3) is 0 Å². The van der Waals surface area contributed by atoms with E-state index in [1.807, 2.05) is 16.7 Å². The van der Waals surface area contributed by atoms with E-state index in [1.54, 1.807) is 0 Å². The van der Waals surface area contributed by atoms with Gasteiger partial charge in [-0.3, -0.25) is 4.79 Å². The fourth-order valence-electron chi connectivity index (χ4n) is 1.77. The lowest BCUT2D eigenvalue weighted by atomic mass is 10.1. The average molecular weight is 201 g/mol. The van der Waals surface area contributed by atoms with E-state index in [4.69, 9.17) is 4.74 Å². The molecule has 2 saturated heterocycles. The third-order valence-electron chi connectivity index (χ3n) is 2.60. The number of carbonyl (C=O) groups is 1. The van der Waals surface area contributed by atoms with Crippen molar-refractivity contribution in [1.29, 1.82) is 0 Å². The molecule has 2 rings (SSSR count). The van der Waals surface area contributed by atoms with Crippen LogP contribution in [0.1, 0.15) is 6.42 Å². The first kappa shape index (κ1) is 9.34. The minimum Gasteiger partial charge on any atom is -0.381 e. The number of nitrogens with zero attached hydrogens (tertiary/aromatic N) is 1. The van der Waals surface area contributed by atoms with Crippen molar-refractivity contribution in [3.8, 4) is 0 Å². The summed E-state index contributed by atoms with van der Waals surface area (Å²) in [7, 11) is 0. The molecule has 2 aliphatic rings. The highest BCUT2D eigenvalue weighted by molar-refractivity contribution is 7.99. The normalized spacial score (nSPS) is 29.2. The molecule has 0 aromatic rings. The summed E-state index contributed by atoms with van der Waals surface area (Å²) in [5, 5.41) is 0. The maximum Gasteiger partial charge on any atom is 0.228 e. The molecule has 0 aliphatic carbocycles. The van der Waals surface area contributed by atoms with Crippen LogP contribution in [0.15, 0.2) is 0 Å². The van der Waals surface area contributed by atoms with Crippen LogP contribution in [0.4, 0.5) is 0 Å². The molecule has 0 unspecified atom stereocenters. The number of rotatable bonds is 1. The predicted octanol–water partition coefficient (Wildman–Crippen LogP) is 0.598. The molecular formula is C9H15NO2S. The molecule has 3 nitrogen and oxygen atoms in total. The second-order valence-corrected chi connectivity index (χ2v) is 4.72. The van der Waals surface area contributed by atoms with E-state index in [-0.39, 0.29) is 5.92 Å². The van der Waals surface area contributed by atoms with Crippen LogP contribution >= 0.6 is 11.8 Å². The second kappa shape index (κ2) is 4.33. The van der Waals surface area contributed by atoms with Gasteiger partial charge in [-0.05, 0) is 6.42 Å². The molecule has 2 aliphatic heterocycles. The summed E-state index contributed by atoms with van der Waals surface area (Å²) in [5.41, 5.74) is 0. The molecule has 4 heteroatoms. The number of carbonyl (C=O) groups excluding carboxylic acids is 1. The minimum absolute atomic E-state index is 0.156. The van der Waals surface area contributed by atoms with Gasteiger partial charge in [0.2, 0.25) is 5.91 Å². The third kappa shape index (κ3) is 2.17. The number of hydrogen-bond donors (Lipinski definition) is 0.